The van der Waals surface area contributed by atoms with E-state index in [1.54, 1.807) is 13.4 Å². The van der Waals surface area contributed by atoms with Gasteiger partial charge in [0, 0.05) is 32.0 Å². The Morgan fingerprint density at radius 2 is 2.12 bits per heavy atom. The maximum absolute atomic E-state index is 5.53. The molecule has 0 aliphatic carbocycles. The lowest BCUT2D eigenvalue weighted by Gasteiger charge is -2.27. The van der Waals surface area contributed by atoms with E-state index in [4.69, 9.17) is 18.9 Å². The fourth-order valence-electron chi connectivity index (χ4n) is 4.43. The second kappa shape index (κ2) is 11.9. The number of benzene rings is 1. The minimum atomic E-state index is 0.242. The molecule has 7 heteroatoms. The molecule has 2 atom stereocenters. The third-order valence-electron chi connectivity index (χ3n) is 6.31. The first-order valence-corrected chi connectivity index (χ1v) is 11.8. The van der Waals surface area contributed by atoms with Crippen molar-refractivity contribution < 1.29 is 13.9 Å². The first kappa shape index (κ1) is 22.7. The average molecular weight is 441 g/mol. The quantitative estimate of drug-likeness (QED) is 0.437. The van der Waals surface area contributed by atoms with Gasteiger partial charge < -0.3 is 24.5 Å². The van der Waals surface area contributed by atoms with Crippen LogP contribution in [0.15, 0.2) is 52.1 Å². The molecule has 32 heavy (non-hydrogen) atoms. The van der Waals surface area contributed by atoms with Crippen molar-refractivity contribution in [2.24, 2.45) is 10.9 Å². The van der Waals surface area contributed by atoms with E-state index in [1.165, 1.54) is 18.4 Å². The van der Waals surface area contributed by atoms with Crippen molar-refractivity contribution >= 4 is 5.96 Å². The zero-order chi connectivity index (χ0) is 22.0. The molecule has 2 fully saturated rings. The molecule has 4 rings (SSSR count). The molecule has 0 radical (unpaired) electrons. The summed E-state index contributed by atoms with van der Waals surface area (Å²) in [4.78, 5) is 7.57. The van der Waals surface area contributed by atoms with Gasteiger partial charge in [0.25, 0.3) is 0 Å². The van der Waals surface area contributed by atoms with Gasteiger partial charge >= 0.3 is 0 Å². The Morgan fingerprint density at radius 3 is 2.88 bits per heavy atom. The van der Waals surface area contributed by atoms with Gasteiger partial charge in [-0.1, -0.05) is 12.1 Å². The Hall–Kier alpha value is -2.51. The van der Waals surface area contributed by atoms with Crippen molar-refractivity contribution in [2.75, 3.05) is 53.0 Å². The summed E-state index contributed by atoms with van der Waals surface area (Å²) in [5.74, 6) is 3.27. The van der Waals surface area contributed by atoms with E-state index in [9.17, 15) is 0 Å². The van der Waals surface area contributed by atoms with Gasteiger partial charge in [-0.05, 0) is 62.2 Å². The second-order valence-electron chi connectivity index (χ2n) is 8.59. The van der Waals surface area contributed by atoms with E-state index >= 15 is 0 Å². The van der Waals surface area contributed by atoms with E-state index < -0.39 is 0 Å². The number of aliphatic imine (C=N–C) groups is 1. The van der Waals surface area contributed by atoms with Crippen LogP contribution in [-0.4, -0.2) is 63.9 Å². The first-order valence-electron chi connectivity index (χ1n) is 11.8. The van der Waals surface area contributed by atoms with Crippen molar-refractivity contribution in [3.05, 3.63) is 54.0 Å². The Labute approximate surface area is 191 Å². The predicted octanol–water partition coefficient (Wildman–Crippen LogP) is 3.24. The van der Waals surface area contributed by atoms with Gasteiger partial charge in [-0.15, -0.1) is 0 Å². The summed E-state index contributed by atoms with van der Waals surface area (Å²) in [6.45, 7) is 6.26. The number of hydrogen-bond acceptors (Lipinski definition) is 5. The number of hydrogen-bond donors (Lipinski definition) is 2. The van der Waals surface area contributed by atoms with Gasteiger partial charge in [0.15, 0.2) is 5.96 Å². The van der Waals surface area contributed by atoms with Crippen molar-refractivity contribution in [2.45, 2.75) is 31.7 Å². The van der Waals surface area contributed by atoms with Gasteiger partial charge in [0.05, 0.1) is 32.6 Å². The summed E-state index contributed by atoms with van der Waals surface area (Å²) in [5, 5.41) is 7.04. The molecule has 3 heterocycles. The summed E-state index contributed by atoms with van der Waals surface area (Å²) < 4.78 is 16.5. The molecule has 174 valence electrons. The number of likely N-dealkylation sites (tertiary alicyclic amines) is 1. The van der Waals surface area contributed by atoms with E-state index in [0.29, 0.717) is 12.5 Å². The van der Waals surface area contributed by atoms with Gasteiger partial charge in [0.1, 0.15) is 11.5 Å². The van der Waals surface area contributed by atoms with Crippen LogP contribution in [0.3, 0.4) is 0 Å². The number of rotatable bonds is 10. The highest BCUT2D eigenvalue weighted by Gasteiger charge is 2.24. The highest BCUT2D eigenvalue weighted by atomic mass is 16.5. The summed E-state index contributed by atoms with van der Waals surface area (Å²) in [7, 11) is 1.72. The molecule has 0 bridgehead atoms. The lowest BCUT2D eigenvalue weighted by Crippen LogP contribution is -2.41. The van der Waals surface area contributed by atoms with Crippen LogP contribution in [0.5, 0.6) is 5.75 Å². The summed E-state index contributed by atoms with van der Waals surface area (Å²) in [6.07, 6.45) is 6.15. The zero-order valence-corrected chi connectivity index (χ0v) is 19.1. The monoisotopic (exact) mass is 440 g/mol. The van der Waals surface area contributed by atoms with Crippen LogP contribution in [-0.2, 0) is 11.2 Å². The normalized spacial score (nSPS) is 20.4. The number of nitrogens with zero attached hydrogens (tertiary/aromatic N) is 2. The Balaban J connectivity index is 1.44. The van der Waals surface area contributed by atoms with E-state index in [0.717, 1.165) is 69.7 Å². The molecule has 2 N–H and O–H groups in total. The van der Waals surface area contributed by atoms with Crippen molar-refractivity contribution in [3.63, 3.8) is 0 Å². The number of furan rings is 1. The molecule has 2 aromatic rings. The Bertz CT molecular complexity index is 827. The van der Waals surface area contributed by atoms with Crippen LogP contribution in [0.25, 0.3) is 0 Å². The Morgan fingerprint density at radius 1 is 1.22 bits per heavy atom. The molecule has 2 aliphatic heterocycles. The molecule has 7 nitrogen and oxygen atoms in total. The summed E-state index contributed by atoms with van der Waals surface area (Å²) in [6, 6.07) is 12.6. The maximum atomic E-state index is 5.53. The molecule has 0 spiro atoms. The summed E-state index contributed by atoms with van der Waals surface area (Å²) >= 11 is 0. The SMILES string of the molecule is COc1cccc(C(CN=C(NCCc2ccco2)NCC2CCOC2)N2CCCC2)c1. The smallest absolute Gasteiger partial charge is 0.191 e. The third kappa shape index (κ3) is 6.50. The van der Waals surface area contributed by atoms with E-state index in [2.05, 4.69) is 33.7 Å². The van der Waals surface area contributed by atoms with Crippen molar-refractivity contribution in [3.8, 4) is 5.75 Å². The lowest BCUT2D eigenvalue weighted by molar-refractivity contribution is 0.186. The molecule has 2 unspecified atom stereocenters. The molecule has 0 saturated carbocycles. The number of nitrogens with one attached hydrogen (secondary N) is 2. The fourth-order valence-corrected chi connectivity index (χ4v) is 4.43. The largest absolute Gasteiger partial charge is 0.497 e. The van der Waals surface area contributed by atoms with E-state index in [1.807, 2.05) is 18.2 Å². The highest BCUT2D eigenvalue weighted by molar-refractivity contribution is 5.79. The third-order valence-corrected chi connectivity index (χ3v) is 6.31. The highest BCUT2D eigenvalue weighted by Crippen LogP contribution is 2.28. The second-order valence-corrected chi connectivity index (χ2v) is 8.59. The number of ether oxygens (including phenoxy) is 2. The molecule has 2 saturated heterocycles. The van der Waals surface area contributed by atoms with Crippen molar-refractivity contribution in [1.82, 2.24) is 15.5 Å². The minimum absolute atomic E-state index is 0.242. The van der Waals surface area contributed by atoms with Crippen LogP contribution >= 0.6 is 0 Å². The van der Waals surface area contributed by atoms with Crippen LogP contribution in [0.1, 0.15) is 36.6 Å². The lowest BCUT2D eigenvalue weighted by atomic mass is 10.1. The average Bonchev–Trinajstić information content (AvgIpc) is 3.61. The zero-order valence-electron chi connectivity index (χ0n) is 19.1. The van der Waals surface area contributed by atoms with Crippen molar-refractivity contribution in [1.29, 1.82) is 0 Å². The molecule has 1 aromatic carbocycles. The first-order chi connectivity index (χ1) is 15.8. The van der Waals surface area contributed by atoms with Gasteiger partial charge in [-0.3, -0.25) is 9.89 Å². The van der Waals surface area contributed by atoms with Gasteiger partial charge in [-0.2, -0.15) is 0 Å². The topological polar surface area (TPSA) is 71.3 Å². The molecular weight excluding hydrogens is 404 g/mol. The number of methoxy groups -OCH3 is 1. The van der Waals surface area contributed by atoms with Crippen LogP contribution in [0.2, 0.25) is 0 Å². The van der Waals surface area contributed by atoms with Crippen LogP contribution in [0, 0.1) is 5.92 Å². The maximum Gasteiger partial charge on any atom is 0.191 e. The minimum Gasteiger partial charge on any atom is -0.497 e. The predicted molar refractivity (Wildman–Crippen MR) is 126 cm³/mol. The standard InChI is InChI=1S/C25H36N4O3/c1-30-23-7-4-6-21(16-23)24(29-12-2-3-13-29)18-28-25(27-17-20-10-15-31-19-20)26-11-9-22-8-5-14-32-22/h4-8,14,16,20,24H,2-3,9-13,15,17-19H2,1H3,(H2,26,27,28). The molecule has 1 aromatic heterocycles. The fraction of sp³-hybridized carbons (Fsp3) is 0.560. The summed E-state index contributed by atoms with van der Waals surface area (Å²) in [5.41, 5.74) is 1.26. The van der Waals surface area contributed by atoms with Gasteiger partial charge in [-0.25, -0.2) is 0 Å². The Kier molecular flexibility index (Phi) is 8.45. The number of guanidine groups is 1. The van der Waals surface area contributed by atoms with Gasteiger partial charge in [0.2, 0.25) is 0 Å². The van der Waals surface area contributed by atoms with Crippen LogP contribution in [0.4, 0.5) is 0 Å². The van der Waals surface area contributed by atoms with Crippen LogP contribution < -0.4 is 15.4 Å². The molecule has 0 amide bonds. The van der Waals surface area contributed by atoms with E-state index in [-0.39, 0.29) is 6.04 Å². The molecule has 2 aliphatic rings. The molecular formula is C25H36N4O3.